The highest BCUT2D eigenvalue weighted by Gasteiger charge is 2.35. The first-order valence-corrected chi connectivity index (χ1v) is 10.9. The third-order valence-corrected chi connectivity index (χ3v) is 6.42. The summed E-state index contributed by atoms with van der Waals surface area (Å²) >= 11 is 0. The lowest BCUT2D eigenvalue weighted by atomic mass is 9.89. The van der Waals surface area contributed by atoms with Gasteiger partial charge < -0.3 is 10.1 Å². The number of nitrogens with zero attached hydrogens (tertiary/aromatic N) is 3. The highest BCUT2D eigenvalue weighted by molar-refractivity contribution is 5.88. The molecule has 0 bridgehead atoms. The van der Waals surface area contributed by atoms with E-state index in [0.717, 1.165) is 57.5 Å². The molecule has 1 aromatic carbocycles. The minimum Gasteiger partial charge on any atom is -0.379 e. The summed E-state index contributed by atoms with van der Waals surface area (Å²) in [6.07, 6.45) is 0.316. The molecule has 2 fully saturated rings. The van der Waals surface area contributed by atoms with Crippen LogP contribution in [0.25, 0.3) is 10.9 Å². The number of alkyl halides is 3. The first-order chi connectivity index (χ1) is 14.7. The smallest absolute Gasteiger partial charge is 0.379 e. The number of carbonyl (C=O) groups excluding carboxylic acids is 1. The molecule has 4 rings (SSSR count). The zero-order chi connectivity index (χ0) is 22.2. The largest absolute Gasteiger partial charge is 0.416 e. The maximum absolute atomic E-state index is 13.1. The van der Waals surface area contributed by atoms with Crippen LogP contribution < -0.4 is 5.32 Å². The van der Waals surface area contributed by atoms with Crippen molar-refractivity contribution in [3.8, 4) is 0 Å². The van der Waals surface area contributed by atoms with E-state index in [4.69, 9.17) is 4.74 Å². The van der Waals surface area contributed by atoms with Crippen LogP contribution in [-0.2, 0) is 29.2 Å². The standard InChI is InChI=1S/C22H29F3N4O2/c1-3-31-17-7-5-16(6-8-17)29-12-15(13-29)26-21(30)11-19-18-10-14(22(23,24)25)4-9-20(18)28(2)27-19/h4,9-10,15-17H,3,5-8,11-13H2,1-2H3,(H,26,30). The molecule has 0 unspecified atom stereocenters. The molecular weight excluding hydrogens is 409 g/mol. The number of nitrogens with one attached hydrogen (secondary N) is 1. The van der Waals surface area contributed by atoms with E-state index in [2.05, 4.69) is 15.3 Å². The number of aryl methyl sites for hydroxylation is 1. The van der Waals surface area contributed by atoms with Crippen molar-refractivity contribution < 1.29 is 22.7 Å². The average molecular weight is 438 g/mol. The van der Waals surface area contributed by atoms with Gasteiger partial charge in [0, 0.05) is 38.2 Å². The van der Waals surface area contributed by atoms with Gasteiger partial charge in [0.25, 0.3) is 0 Å². The molecule has 1 N–H and O–H groups in total. The van der Waals surface area contributed by atoms with Crippen LogP contribution in [-0.4, -0.2) is 58.5 Å². The third kappa shape index (κ3) is 4.87. The molecule has 1 amide bonds. The lowest BCUT2D eigenvalue weighted by Crippen LogP contribution is -2.62. The summed E-state index contributed by atoms with van der Waals surface area (Å²) in [5, 5.41) is 7.66. The van der Waals surface area contributed by atoms with E-state index >= 15 is 0 Å². The molecule has 1 aliphatic carbocycles. The molecule has 2 heterocycles. The van der Waals surface area contributed by atoms with E-state index in [9.17, 15) is 18.0 Å². The summed E-state index contributed by atoms with van der Waals surface area (Å²) in [6, 6.07) is 4.15. The summed E-state index contributed by atoms with van der Waals surface area (Å²) in [5.41, 5.74) is 0.211. The van der Waals surface area contributed by atoms with E-state index in [1.54, 1.807) is 7.05 Å². The number of hydrogen-bond acceptors (Lipinski definition) is 4. The number of likely N-dealkylation sites (tertiary alicyclic amines) is 1. The number of ether oxygens (including phenoxy) is 1. The number of aromatic nitrogens is 2. The average Bonchev–Trinajstić information content (AvgIpc) is 3.00. The van der Waals surface area contributed by atoms with Crippen LogP contribution in [0.5, 0.6) is 0 Å². The van der Waals surface area contributed by atoms with Crippen molar-refractivity contribution in [2.24, 2.45) is 7.05 Å². The molecule has 2 aliphatic rings. The van der Waals surface area contributed by atoms with Crippen molar-refractivity contribution in [1.29, 1.82) is 0 Å². The van der Waals surface area contributed by atoms with Gasteiger partial charge in [0.2, 0.25) is 5.91 Å². The van der Waals surface area contributed by atoms with Crippen molar-refractivity contribution in [2.75, 3.05) is 19.7 Å². The number of hydrogen-bond donors (Lipinski definition) is 1. The minimum atomic E-state index is -4.43. The molecule has 0 spiro atoms. The Morgan fingerprint density at radius 3 is 2.58 bits per heavy atom. The van der Waals surface area contributed by atoms with Gasteiger partial charge >= 0.3 is 6.18 Å². The second-order valence-corrected chi connectivity index (χ2v) is 8.58. The molecule has 1 saturated carbocycles. The number of rotatable bonds is 6. The maximum Gasteiger partial charge on any atom is 0.416 e. The first-order valence-electron chi connectivity index (χ1n) is 10.9. The minimum absolute atomic E-state index is 0.0331. The van der Waals surface area contributed by atoms with Gasteiger partial charge in [-0.3, -0.25) is 14.4 Å². The molecule has 1 saturated heterocycles. The van der Waals surface area contributed by atoms with E-state index in [-0.39, 0.29) is 18.4 Å². The van der Waals surface area contributed by atoms with Crippen LogP contribution in [0, 0.1) is 0 Å². The van der Waals surface area contributed by atoms with Gasteiger partial charge in [0.1, 0.15) is 0 Å². The van der Waals surface area contributed by atoms with Crippen molar-refractivity contribution in [3.63, 3.8) is 0 Å². The molecule has 1 aromatic heterocycles. The Bertz CT molecular complexity index is 929. The molecule has 2 aromatic rings. The van der Waals surface area contributed by atoms with E-state index in [0.29, 0.717) is 28.7 Å². The number of halogens is 3. The normalized spacial score (nSPS) is 23.1. The van der Waals surface area contributed by atoms with Gasteiger partial charge in [-0.05, 0) is 50.8 Å². The Kier molecular flexibility index (Phi) is 6.25. The number of amides is 1. The Balaban J connectivity index is 1.31. The predicted octanol–water partition coefficient (Wildman–Crippen LogP) is 3.28. The Morgan fingerprint density at radius 2 is 1.94 bits per heavy atom. The van der Waals surface area contributed by atoms with E-state index < -0.39 is 11.7 Å². The summed E-state index contributed by atoms with van der Waals surface area (Å²) < 4.78 is 46.4. The molecule has 1 aliphatic heterocycles. The summed E-state index contributed by atoms with van der Waals surface area (Å²) in [7, 11) is 1.67. The van der Waals surface area contributed by atoms with Gasteiger partial charge in [-0.15, -0.1) is 0 Å². The van der Waals surface area contributed by atoms with Gasteiger partial charge in [-0.1, -0.05) is 0 Å². The second-order valence-electron chi connectivity index (χ2n) is 8.58. The first kappa shape index (κ1) is 22.1. The Labute approximate surface area is 179 Å². The van der Waals surface area contributed by atoms with Crippen LogP contribution in [0.3, 0.4) is 0 Å². The fourth-order valence-electron chi connectivity index (χ4n) is 4.79. The van der Waals surface area contributed by atoms with Crippen molar-refractivity contribution in [3.05, 3.63) is 29.5 Å². The number of benzene rings is 1. The second kappa shape index (κ2) is 8.78. The zero-order valence-electron chi connectivity index (χ0n) is 17.9. The van der Waals surface area contributed by atoms with Crippen molar-refractivity contribution in [2.45, 2.75) is 63.4 Å². The highest BCUT2D eigenvalue weighted by Crippen LogP contribution is 2.32. The topological polar surface area (TPSA) is 59.4 Å². The molecule has 9 heteroatoms. The quantitative estimate of drug-likeness (QED) is 0.752. The van der Waals surface area contributed by atoms with Crippen LogP contribution in [0.1, 0.15) is 43.9 Å². The SMILES string of the molecule is CCOC1CCC(N2CC(NC(=O)Cc3nn(C)c4ccc(C(F)(F)F)cc34)C2)CC1. The van der Waals surface area contributed by atoms with E-state index in [1.807, 2.05) is 6.92 Å². The highest BCUT2D eigenvalue weighted by atomic mass is 19.4. The Morgan fingerprint density at radius 1 is 1.23 bits per heavy atom. The molecule has 0 atom stereocenters. The lowest BCUT2D eigenvalue weighted by Gasteiger charge is -2.46. The summed E-state index contributed by atoms with van der Waals surface area (Å²) in [4.78, 5) is 14.9. The lowest BCUT2D eigenvalue weighted by molar-refractivity contribution is -0.137. The van der Waals surface area contributed by atoms with Crippen LogP contribution in [0.15, 0.2) is 18.2 Å². The monoisotopic (exact) mass is 438 g/mol. The van der Waals surface area contributed by atoms with Gasteiger partial charge in [0.15, 0.2) is 0 Å². The zero-order valence-corrected chi connectivity index (χ0v) is 17.9. The predicted molar refractivity (Wildman–Crippen MR) is 111 cm³/mol. The fourth-order valence-corrected chi connectivity index (χ4v) is 4.79. The van der Waals surface area contributed by atoms with E-state index in [1.165, 1.54) is 10.7 Å². The van der Waals surface area contributed by atoms with Crippen LogP contribution in [0.4, 0.5) is 13.2 Å². The third-order valence-electron chi connectivity index (χ3n) is 6.42. The molecule has 170 valence electrons. The van der Waals surface area contributed by atoms with Gasteiger partial charge in [-0.2, -0.15) is 18.3 Å². The van der Waals surface area contributed by atoms with Crippen molar-refractivity contribution in [1.82, 2.24) is 20.0 Å². The maximum atomic E-state index is 13.1. The van der Waals surface area contributed by atoms with Gasteiger partial charge in [-0.25, -0.2) is 0 Å². The molecule has 31 heavy (non-hydrogen) atoms. The molecule has 0 radical (unpaired) electrons. The summed E-state index contributed by atoms with van der Waals surface area (Å²) in [6.45, 7) is 4.42. The summed E-state index contributed by atoms with van der Waals surface area (Å²) in [5.74, 6) is -0.206. The van der Waals surface area contributed by atoms with Crippen LogP contribution in [0.2, 0.25) is 0 Å². The van der Waals surface area contributed by atoms with Crippen molar-refractivity contribution >= 4 is 16.8 Å². The molecule has 6 nitrogen and oxygen atoms in total. The molecular formula is C22H29F3N4O2. The fraction of sp³-hybridized carbons (Fsp3) is 0.636. The van der Waals surface area contributed by atoms with Crippen LogP contribution >= 0.6 is 0 Å². The number of carbonyl (C=O) groups is 1. The number of fused-ring (bicyclic) bond motifs is 1. The van der Waals surface area contributed by atoms with Gasteiger partial charge in [0.05, 0.1) is 35.3 Å². The Hall–Kier alpha value is -2.13.